The smallest absolute Gasteiger partial charge is 0.114 e. The van der Waals surface area contributed by atoms with E-state index in [9.17, 15) is 10.2 Å². The molecule has 166 valence electrons. The molecule has 0 aromatic heterocycles. The van der Waals surface area contributed by atoms with Crippen LogP contribution in [0.1, 0.15) is 90.4 Å². The van der Waals surface area contributed by atoms with Crippen molar-refractivity contribution >= 4 is 0 Å². The first kappa shape index (κ1) is 25.6. The summed E-state index contributed by atoms with van der Waals surface area (Å²) in [5.41, 5.74) is 0. The van der Waals surface area contributed by atoms with Gasteiger partial charge in [0.1, 0.15) is 24.4 Å². The summed E-state index contributed by atoms with van der Waals surface area (Å²) in [6.45, 7) is 2.49. The molecule has 1 rings (SSSR count). The van der Waals surface area contributed by atoms with E-state index in [1.54, 1.807) is 0 Å². The Kier molecular flexibility index (Phi) is 15.9. The molecule has 0 aromatic rings. The van der Waals surface area contributed by atoms with Crippen molar-refractivity contribution in [2.45, 2.75) is 115 Å². The lowest BCUT2D eigenvalue weighted by atomic mass is 10.1. The fourth-order valence-corrected chi connectivity index (χ4v) is 3.69. The third-order valence-electron chi connectivity index (χ3n) is 5.46. The molecule has 0 radical (unpaired) electrons. The minimum atomic E-state index is -1.02. The van der Waals surface area contributed by atoms with Crippen molar-refractivity contribution in [3.8, 4) is 0 Å². The van der Waals surface area contributed by atoms with Crippen LogP contribution in [0.5, 0.6) is 0 Å². The molecule has 5 nitrogen and oxygen atoms in total. The van der Waals surface area contributed by atoms with Gasteiger partial charge in [0.15, 0.2) is 0 Å². The maximum atomic E-state index is 9.87. The second-order valence-electron chi connectivity index (χ2n) is 8.03. The van der Waals surface area contributed by atoms with E-state index in [0.29, 0.717) is 6.61 Å². The van der Waals surface area contributed by atoms with Gasteiger partial charge in [0.2, 0.25) is 0 Å². The van der Waals surface area contributed by atoms with Gasteiger partial charge in [-0.05, 0) is 19.3 Å². The summed E-state index contributed by atoms with van der Waals surface area (Å²) >= 11 is 0. The summed E-state index contributed by atoms with van der Waals surface area (Å²) in [5, 5.41) is 28.6. The molecule has 0 unspecified atom stereocenters. The highest BCUT2D eigenvalue weighted by Crippen LogP contribution is 2.21. The molecule has 1 saturated heterocycles. The SMILES string of the molecule is CCCCCCCCCCCCC/C=C/CCO[C@@H]1[C@H]([C@@H](O)CO)OC[C@H]1O. The van der Waals surface area contributed by atoms with Crippen LogP contribution in [-0.4, -0.2) is 59.6 Å². The molecule has 1 aliphatic heterocycles. The van der Waals surface area contributed by atoms with Gasteiger partial charge < -0.3 is 24.8 Å². The Hall–Kier alpha value is -0.460. The molecule has 0 aliphatic carbocycles. The lowest BCUT2D eigenvalue weighted by Gasteiger charge is -2.23. The molecular weight excluding hydrogens is 356 g/mol. The van der Waals surface area contributed by atoms with Gasteiger partial charge in [-0.1, -0.05) is 83.3 Å². The first-order valence-electron chi connectivity index (χ1n) is 11.6. The number of hydrogen-bond acceptors (Lipinski definition) is 5. The number of aliphatic hydroxyl groups is 3. The van der Waals surface area contributed by atoms with Gasteiger partial charge in [0, 0.05) is 0 Å². The second-order valence-corrected chi connectivity index (χ2v) is 8.03. The number of rotatable bonds is 18. The van der Waals surface area contributed by atoms with Crippen LogP contribution in [0.15, 0.2) is 12.2 Å². The number of unbranched alkanes of at least 4 members (excludes halogenated alkanes) is 11. The zero-order chi connectivity index (χ0) is 20.5. The Balaban J connectivity index is 1.91. The molecule has 1 heterocycles. The van der Waals surface area contributed by atoms with E-state index in [2.05, 4.69) is 19.1 Å². The van der Waals surface area contributed by atoms with Gasteiger partial charge >= 0.3 is 0 Å². The molecule has 0 spiro atoms. The van der Waals surface area contributed by atoms with E-state index in [0.717, 1.165) is 12.8 Å². The quantitative estimate of drug-likeness (QED) is 0.238. The van der Waals surface area contributed by atoms with Gasteiger partial charge in [-0.25, -0.2) is 0 Å². The van der Waals surface area contributed by atoms with Crippen molar-refractivity contribution in [2.75, 3.05) is 19.8 Å². The normalized spacial score (nSPS) is 23.6. The van der Waals surface area contributed by atoms with Crippen molar-refractivity contribution in [3.63, 3.8) is 0 Å². The van der Waals surface area contributed by atoms with E-state index in [-0.39, 0.29) is 6.61 Å². The molecule has 0 aromatic carbocycles. The van der Waals surface area contributed by atoms with Gasteiger partial charge in [-0.15, -0.1) is 0 Å². The van der Waals surface area contributed by atoms with E-state index < -0.39 is 31.0 Å². The number of hydrogen-bond donors (Lipinski definition) is 3. The van der Waals surface area contributed by atoms with E-state index in [4.69, 9.17) is 14.6 Å². The summed E-state index contributed by atoms with van der Waals surface area (Å²) < 4.78 is 11.0. The van der Waals surface area contributed by atoms with Crippen molar-refractivity contribution < 1.29 is 24.8 Å². The van der Waals surface area contributed by atoms with Crippen LogP contribution in [0.4, 0.5) is 0 Å². The predicted octanol–water partition coefficient (Wildman–Crippen LogP) is 4.13. The summed E-state index contributed by atoms with van der Waals surface area (Å²) in [6, 6.07) is 0. The fourth-order valence-electron chi connectivity index (χ4n) is 3.69. The summed E-state index contributed by atoms with van der Waals surface area (Å²) in [7, 11) is 0. The van der Waals surface area contributed by atoms with Crippen LogP contribution >= 0.6 is 0 Å². The largest absolute Gasteiger partial charge is 0.394 e. The van der Waals surface area contributed by atoms with Crippen molar-refractivity contribution in [3.05, 3.63) is 12.2 Å². The van der Waals surface area contributed by atoms with Crippen LogP contribution < -0.4 is 0 Å². The standard InChI is InChI=1S/C23H44O5/c1-2-3-4-5-6-7-8-9-10-11-12-13-14-15-16-17-27-23-21(26)19-28-22(23)20(25)18-24/h14-15,20-26H,2-13,16-19H2,1H3/b15-14+/t20-,21+,22-,23-/m0/s1. The van der Waals surface area contributed by atoms with E-state index in [1.165, 1.54) is 70.6 Å². The van der Waals surface area contributed by atoms with Crippen LogP contribution in [0.25, 0.3) is 0 Å². The molecular formula is C23H44O5. The average Bonchev–Trinajstić information content (AvgIpc) is 3.07. The number of allylic oxidation sites excluding steroid dienone is 1. The van der Waals surface area contributed by atoms with Gasteiger partial charge in [-0.2, -0.15) is 0 Å². The third-order valence-corrected chi connectivity index (χ3v) is 5.46. The summed E-state index contributed by atoms with van der Waals surface area (Å²) in [5.74, 6) is 0. The topological polar surface area (TPSA) is 79.2 Å². The highest BCUT2D eigenvalue weighted by atomic mass is 16.6. The Labute approximate surface area is 172 Å². The lowest BCUT2D eigenvalue weighted by molar-refractivity contribution is -0.0924. The molecule has 0 amide bonds. The molecule has 1 aliphatic rings. The minimum Gasteiger partial charge on any atom is -0.394 e. The molecule has 0 bridgehead atoms. The molecule has 0 saturated carbocycles. The highest BCUT2D eigenvalue weighted by Gasteiger charge is 2.40. The molecule has 1 fully saturated rings. The first-order chi connectivity index (χ1) is 13.7. The van der Waals surface area contributed by atoms with Crippen LogP contribution in [0.2, 0.25) is 0 Å². The van der Waals surface area contributed by atoms with Gasteiger partial charge in [0.25, 0.3) is 0 Å². The Morgan fingerprint density at radius 3 is 2.11 bits per heavy atom. The molecule has 3 N–H and O–H groups in total. The zero-order valence-corrected chi connectivity index (χ0v) is 17.9. The molecule has 28 heavy (non-hydrogen) atoms. The van der Waals surface area contributed by atoms with Crippen LogP contribution in [0.3, 0.4) is 0 Å². The zero-order valence-electron chi connectivity index (χ0n) is 17.9. The first-order valence-corrected chi connectivity index (χ1v) is 11.6. The van der Waals surface area contributed by atoms with Crippen molar-refractivity contribution in [2.24, 2.45) is 0 Å². The maximum absolute atomic E-state index is 9.87. The number of aliphatic hydroxyl groups excluding tert-OH is 3. The summed E-state index contributed by atoms with van der Waals surface area (Å²) in [6.07, 6.45) is 18.3. The fraction of sp³-hybridized carbons (Fsp3) is 0.913. The molecule has 4 atom stereocenters. The monoisotopic (exact) mass is 400 g/mol. The highest BCUT2D eigenvalue weighted by molar-refractivity contribution is 4.89. The van der Waals surface area contributed by atoms with Crippen molar-refractivity contribution in [1.29, 1.82) is 0 Å². The summed E-state index contributed by atoms with van der Waals surface area (Å²) in [4.78, 5) is 0. The van der Waals surface area contributed by atoms with Gasteiger partial charge in [0.05, 0.1) is 19.8 Å². The van der Waals surface area contributed by atoms with Crippen LogP contribution in [0, 0.1) is 0 Å². The second kappa shape index (κ2) is 17.4. The minimum absolute atomic E-state index is 0.140. The predicted molar refractivity (Wildman–Crippen MR) is 113 cm³/mol. The number of ether oxygens (including phenoxy) is 2. The van der Waals surface area contributed by atoms with Crippen molar-refractivity contribution in [1.82, 2.24) is 0 Å². The van der Waals surface area contributed by atoms with E-state index in [1.807, 2.05) is 0 Å². The van der Waals surface area contributed by atoms with Crippen LogP contribution in [-0.2, 0) is 9.47 Å². The Morgan fingerprint density at radius 2 is 1.50 bits per heavy atom. The van der Waals surface area contributed by atoms with Gasteiger partial charge in [-0.3, -0.25) is 0 Å². The third kappa shape index (κ3) is 11.5. The Morgan fingerprint density at radius 1 is 0.929 bits per heavy atom. The Bertz CT molecular complexity index is 374. The average molecular weight is 401 g/mol. The maximum Gasteiger partial charge on any atom is 0.114 e. The molecule has 5 heteroatoms. The van der Waals surface area contributed by atoms with E-state index >= 15 is 0 Å². The lowest BCUT2D eigenvalue weighted by Crippen LogP contribution is -2.42.